The monoisotopic (exact) mass is 402 g/mol. The molecule has 0 fully saturated rings. The molecule has 0 unspecified atom stereocenters. The smallest absolute Gasteiger partial charge is 0.319 e. The lowest BCUT2D eigenvalue weighted by Gasteiger charge is -2.14. The number of carbonyl (C=O) groups is 2. The van der Waals surface area contributed by atoms with Crippen LogP contribution < -0.4 is 20.9 Å². The second-order valence-corrected chi connectivity index (χ2v) is 7.58. The van der Waals surface area contributed by atoms with Gasteiger partial charge >= 0.3 is 6.03 Å². The third kappa shape index (κ3) is 6.46. The lowest BCUT2D eigenvalue weighted by atomic mass is 10.1. The van der Waals surface area contributed by atoms with Gasteiger partial charge in [0, 0.05) is 38.6 Å². The standard InChI is InChI=1S/C21H27ClN4O2/c1-14(2)12-23-20(27)18-9-8-16(11-19(18)22)25-21(28)24-13-15-6-5-7-17(10-15)26(3)4/h5-11,14H,12-13H2,1-4H3,(H,23,27)(H2,24,25,28). The fourth-order valence-corrected chi connectivity index (χ4v) is 2.74. The van der Waals surface area contributed by atoms with Crippen molar-refractivity contribution in [2.45, 2.75) is 20.4 Å². The number of nitrogens with one attached hydrogen (secondary N) is 3. The fourth-order valence-electron chi connectivity index (χ4n) is 2.47. The van der Waals surface area contributed by atoms with Gasteiger partial charge in [0.05, 0.1) is 10.6 Å². The van der Waals surface area contributed by atoms with Crippen molar-refractivity contribution in [2.75, 3.05) is 30.9 Å². The molecule has 0 aliphatic rings. The summed E-state index contributed by atoms with van der Waals surface area (Å²) in [6, 6.07) is 12.4. The van der Waals surface area contributed by atoms with Crippen LogP contribution in [0.25, 0.3) is 0 Å². The van der Waals surface area contributed by atoms with Crippen LogP contribution in [0.15, 0.2) is 42.5 Å². The minimum absolute atomic E-state index is 0.226. The molecule has 2 rings (SSSR count). The van der Waals surface area contributed by atoms with E-state index in [1.54, 1.807) is 18.2 Å². The van der Waals surface area contributed by atoms with Crippen molar-refractivity contribution in [3.8, 4) is 0 Å². The predicted octanol–water partition coefficient (Wildman–Crippen LogP) is 4.11. The first-order valence-electron chi connectivity index (χ1n) is 9.15. The molecule has 0 aromatic heterocycles. The highest BCUT2D eigenvalue weighted by Gasteiger charge is 2.12. The zero-order chi connectivity index (χ0) is 20.7. The van der Waals surface area contributed by atoms with Gasteiger partial charge in [-0.15, -0.1) is 0 Å². The molecule has 0 bridgehead atoms. The molecule has 7 heteroatoms. The van der Waals surface area contributed by atoms with Gasteiger partial charge in [-0.25, -0.2) is 4.79 Å². The molecule has 0 radical (unpaired) electrons. The normalized spacial score (nSPS) is 10.5. The topological polar surface area (TPSA) is 73.5 Å². The minimum atomic E-state index is -0.344. The SMILES string of the molecule is CC(C)CNC(=O)c1ccc(NC(=O)NCc2cccc(N(C)C)c2)cc1Cl. The zero-order valence-corrected chi connectivity index (χ0v) is 17.4. The molecule has 150 valence electrons. The van der Waals surface area contributed by atoms with Gasteiger partial charge in [-0.1, -0.05) is 37.6 Å². The van der Waals surface area contributed by atoms with Crippen LogP contribution in [0.4, 0.5) is 16.2 Å². The first kappa shape index (κ1) is 21.6. The summed E-state index contributed by atoms with van der Waals surface area (Å²) < 4.78 is 0. The van der Waals surface area contributed by atoms with Crippen LogP contribution in [0.3, 0.4) is 0 Å². The van der Waals surface area contributed by atoms with Crippen molar-refractivity contribution in [3.63, 3.8) is 0 Å². The highest BCUT2D eigenvalue weighted by atomic mass is 35.5. The van der Waals surface area contributed by atoms with Gasteiger partial charge in [-0.3, -0.25) is 4.79 Å². The number of halogens is 1. The molecule has 0 saturated carbocycles. The summed E-state index contributed by atoms with van der Waals surface area (Å²) in [5.41, 5.74) is 2.97. The first-order chi connectivity index (χ1) is 13.3. The van der Waals surface area contributed by atoms with Crippen molar-refractivity contribution >= 4 is 34.9 Å². The summed E-state index contributed by atoms with van der Waals surface area (Å²) in [7, 11) is 3.94. The fraction of sp³-hybridized carbons (Fsp3) is 0.333. The number of hydrogen-bond donors (Lipinski definition) is 3. The van der Waals surface area contributed by atoms with Crippen LogP contribution >= 0.6 is 11.6 Å². The molecule has 2 aromatic rings. The molecule has 3 amide bonds. The maximum absolute atomic E-state index is 12.2. The highest BCUT2D eigenvalue weighted by Crippen LogP contribution is 2.21. The Morgan fingerprint density at radius 3 is 2.46 bits per heavy atom. The van der Waals surface area contributed by atoms with Gasteiger partial charge < -0.3 is 20.9 Å². The lowest BCUT2D eigenvalue weighted by Crippen LogP contribution is -2.29. The summed E-state index contributed by atoms with van der Waals surface area (Å²) in [6.45, 7) is 5.01. The van der Waals surface area contributed by atoms with Crippen molar-refractivity contribution < 1.29 is 9.59 Å². The molecule has 0 saturated heterocycles. The van der Waals surface area contributed by atoms with E-state index in [-0.39, 0.29) is 17.0 Å². The third-order valence-corrected chi connectivity index (χ3v) is 4.34. The van der Waals surface area contributed by atoms with Crippen LogP contribution in [0, 0.1) is 5.92 Å². The third-order valence-electron chi connectivity index (χ3n) is 4.02. The maximum Gasteiger partial charge on any atom is 0.319 e. The van der Waals surface area contributed by atoms with Gasteiger partial charge in [0.2, 0.25) is 0 Å². The summed E-state index contributed by atoms with van der Waals surface area (Å²) in [5, 5.41) is 8.66. The number of carbonyl (C=O) groups excluding carboxylic acids is 2. The van der Waals surface area contributed by atoms with Crippen molar-refractivity contribution in [2.24, 2.45) is 5.92 Å². The van der Waals surface area contributed by atoms with Crippen LogP contribution in [-0.4, -0.2) is 32.6 Å². The van der Waals surface area contributed by atoms with E-state index in [9.17, 15) is 9.59 Å². The minimum Gasteiger partial charge on any atom is -0.378 e. The quantitative estimate of drug-likeness (QED) is 0.652. The summed E-state index contributed by atoms with van der Waals surface area (Å²) in [4.78, 5) is 26.3. The van der Waals surface area contributed by atoms with E-state index in [1.165, 1.54) is 0 Å². The van der Waals surface area contributed by atoms with E-state index >= 15 is 0 Å². The molecule has 2 aromatic carbocycles. The molecular weight excluding hydrogens is 376 g/mol. The lowest BCUT2D eigenvalue weighted by molar-refractivity contribution is 0.0949. The molecule has 0 spiro atoms. The summed E-state index contributed by atoms with van der Waals surface area (Å²) in [6.07, 6.45) is 0. The van der Waals surface area contributed by atoms with Crippen LogP contribution in [0.5, 0.6) is 0 Å². The second-order valence-electron chi connectivity index (χ2n) is 7.17. The Bertz CT molecular complexity index is 837. The molecule has 0 atom stereocenters. The van der Waals surface area contributed by atoms with Gasteiger partial charge in [0.15, 0.2) is 0 Å². The Labute approximate surface area is 171 Å². The van der Waals surface area contributed by atoms with E-state index in [0.717, 1.165) is 11.3 Å². The number of urea groups is 1. The maximum atomic E-state index is 12.2. The molecular formula is C21H27ClN4O2. The Morgan fingerprint density at radius 2 is 1.82 bits per heavy atom. The average molecular weight is 403 g/mol. The Morgan fingerprint density at radius 1 is 1.07 bits per heavy atom. The largest absolute Gasteiger partial charge is 0.378 e. The van der Waals surface area contributed by atoms with Gasteiger partial charge in [0.25, 0.3) is 5.91 Å². The Hall–Kier alpha value is -2.73. The van der Waals surface area contributed by atoms with E-state index < -0.39 is 0 Å². The van der Waals surface area contributed by atoms with Gasteiger partial charge in [-0.05, 0) is 41.8 Å². The summed E-state index contributed by atoms with van der Waals surface area (Å²) >= 11 is 6.21. The number of rotatable bonds is 7. The van der Waals surface area contributed by atoms with E-state index in [1.807, 2.05) is 57.1 Å². The van der Waals surface area contributed by atoms with Crippen LogP contribution in [0.1, 0.15) is 29.8 Å². The number of anilines is 2. The van der Waals surface area contributed by atoms with Gasteiger partial charge in [-0.2, -0.15) is 0 Å². The van der Waals surface area contributed by atoms with Crippen LogP contribution in [0.2, 0.25) is 5.02 Å². The zero-order valence-electron chi connectivity index (χ0n) is 16.7. The van der Waals surface area contributed by atoms with Crippen LogP contribution in [-0.2, 0) is 6.54 Å². The summed E-state index contributed by atoms with van der Waals surface area (Å²) in [5.74, 6) is 0.126. The molecule has 3 N–H and O–H groups in total. The predicted molar refractivity (Wildman–Crippen MR) is 115 cm³/mol. The van der Waals surface area contributed by atoms with E-state index in [2.05, 4.69) is 16.0 Å². The first-order valence-corrected chi connectivity index (χ1v) is 9.53. The van der Waals surface area contributed by atoms with Gasteiger partial charge in [0.1, 0.15) is 0 Å². The molecule has 0 aliphatic carbocycles. The van der Waals surface area contributed by atoms with E-state index in [0.29, 0.717) is 30.3 Å². The molecule has 28 heavy (non-hydrogen) atoms. The van der Waals surface area contributed by atoms with Crippen molar-refractivity contribution in [1.82, 2.24) is 10.6 Å². The number of amides is 3. The number of benzene rings is 2. The Kier molecular flexibility index (Phi) is 7.70. The molecule has 6 nitrogen and oxygen atoms in total. The van der Waals surface area contributed by atoms with Crippen molar-refractivity contribution in [1.29, 1.82) is 0 Å². The van der Waals surface area contributed by atoms with E-state index in [4.69, 9.17) is 11.6 Å². The highest BCUT2D eigenvalue weighted by molar-refractivity contribution is 6.34. The average Bonchev–Trinajstić information content (AvgIpc) is 2.64. The number of hydrogen-bond acceptors (Lipinski definition) is 3. The second kappa shape index (κ2) is 9.99. The van der Waals surface area contributed by atoms with Crippen molar-refractivity contribution in [3.05, 3.63) is 58.6 Å². The molecule has 0 heterocycles. The number of nitrogens with zero attached hydrogens (tertiary/aromatic N) is 1. The Balaban J connectivity index is 1.92. The molecule has 0 aliphatic heterocycles.